The van der Waals surface area contributed by atoms with Crippen molar-refractivity contribution in [1.29, 1.82) is 0 Å². The molecule has 2 N–H and O–H groups in total. The van der Waals surface area contributed by atoms with Gasteiger partial charge in [0.2, 0.25) is 5.91 Å². The van der Waals surface area contributed by atoms with Crippen LogP contribution >= 0.6 is 15.9 Å². The van der Waals surface area contributed by atoms with Gasteiger partial charge in [0.15, 0.2) is 0 Å². The van der Waals surface area contributed by atoms with Crippen LogP contribution in [-0.2, 0) is 9.59 Å². The summed E-state index contributed by atoms with van der Waals surface area (Å²) in [6.45, 7) is 2.62. The largest absolute Gasteiger partial charge is 0.481 e. The zero-order chi connectivity index (χ0) is 14.0. The number of aliphatic carboxylic acids is 1. The second kappa shape index (κ2) is 5.71. The summed E-state index contributed by atoms with van der Waals surface area (Å²) in [7, 11) is 0. The number of rotatable bonds is 2. The number of hydrogen-bond acceptors (Lipinski definition) is 3. The van der Waals surface area contributed by atoms with Crippen LogP contribution in [0.15, 0.2) is 22.7 Å². The minimum atomic E-state index is -0.890. The summed E-state index contributed by atoms with van der Waals surface area (Å²) < 4.78 is 0.905. The lowest BCUT2D eigenvalue weighted by molar-refractivity contribution is -0.141. The van der Waals surface area contributed by atoms with E-state index in [2.05, 4.69) is 21.2 Å². The molecule has 0 aliphatic carbocycles. The van der Waals surface area contributed by atoms with Crippen LogP contribution in [0.2, 0.25) is 0 Å². The average Bonchev–Trinajstić information content (AvgIpc) is 2.55. The molecule has 1 unspecified atom stereocenters. The van der Waals surface area contributed by atoms with E-state index in [1.807, 2.05) is 25.1 Å². The van der Waals surface area contributed by atoms with E-state index in [9.17, 15) is 9.59 Å². The second-order valence-electron chi connectivity index (χ2n) is 4.60. The molecule has 1 fully saturated rings. The molecule has 1 saturated heterocycles. The zero-order valence-corrected chi connectivity index (χ0v) is 12.1. The van der Waals surface area contributed by atoms with Gasteiger partial charge in [0, 0.05) is 23.2 Å². The number of anilines is 1. The summed E-state index contributed by atoms with van der Waals surface area (Å²) in [6.07, 6.45) is 0. The molecule has 1 aromatic rings. The minimum absolute atomic E-state index is 0.112. The summed E-state index contributed by atoms with van der Waals surface area (Å²) in [5.41, 5.74) is 1.79. The van der Waals surface area contributed by atoms with Crippen LogP contribution in [0.25, 0.3) is 0 Å². The molecule has 1 aliphatic rings. The second-order valence-corrected chi connectivity index (χ2v) is 5.46. The zero-order valence-electron chi connectivity index (χ0n) is 10.5. The monoisotopic (exact) mass is 326 g/mol. The SMILES string of the molecule is Cc1ccc(N2CC(C(=O)O)CNCC2=O)cc1Br. The lowest BCUT2D eigenvalue weighted by Gasteiger charge is -2.23. The number of carboxylic acids is 1. The predicted molar refractivity (Wildman–Crippen MR) is 75.2 cm³/mol. The van der Waals surface area contributed by atoms with Gasteiger partial charge >= 0.3 is 5.97 Å². The quantitative estimate of drug-likeness (QED) is 0.861. The third-order valence-corrected chi connectivity index (χ3v) is 4.04. The molecule has 1 atom stereocenters. The molecule has 0 spiro atoms. The fourth-order valence-electron chi connectivity index (χ4n) is 2.00. The van der Waals surface area contributed by atoms with E-state index in [0.717, 1.165) is 15.7 Å². The molecule has 2 rings (SSSR count). The van der Waals surface area contributed by atoms with Crippen molar-refractivity contribution in [1.82, 2.24) is 5.32 Å². The molecule has 0 bridgehead atoms. The van der Waals surface area contributed by atoms with Gasteiger partial charge in [-0.25, -0.2) is 0 Å². The van der Waals surface area contributed by atoms with Crippen molar-refractivity contribution in [2.24, 2.45) is 5.92 Å². The van der Waals surface area contributed by atoms with E-state index in [1.54, 1.807) is 0 Å². The summed E-state index contributed by atoms with van der Waals surface area (Å²) in [6, 6.07) is 5.58. The van der Waals surface area contributed by atoms with E-state index < -0.39 is 11.9 Å². The van der Waals surface area contributed by atoms with E-state index in [0.29, 0.717) is 6.54 Å². The first-order valence-electron chi connectivity index (χ1n) is 5.99. The molecule has 1 heterocycles. The molecule has 0 saturated carbocycles. The Morgan fingerprint density at radius 1 is 1.53 bits per heavy atom. The Morgan fingerprint density at radius 2 is 2.26 bits per heavy atom. The lowest BCUT2D eigenvalue weighted by Crippen LogP contribution is -2.37. The number of carbonyl (C=O) groups excluding carboxylic acids is 1. The first kappa shape index (κ1) is 14.0. The van der Waals surface area contributed by atoms with Crippen molar-refractivity contribution >= 4 is 33.5 Å². The van der Waals surface area contributed by atoms with Gasteiger partial charge in [0.1, 0.15) is 0 Å². The summed E-state index contributed by atoms with van der Waals surface area (Å²) >= 11 is 3.43. The van der Waals surface area contributed by atoms with Crippen LogP contribution in [0.5, 0.6) is 0 Å². The van der Waals surface area contributed by atoms with Crippen LogP contribution in [0.3, 0.4) is 0 Å². The molecular weight excluding hydrogens is 312 g/mol. The number of aryl methyl sites for hydroxylation is 1. The first-order chi connectivity index (χ1) is 8.99. The fraction of sp³-hybridized carbons (Fsp3) is 0.385. The van der Waals surface area contributed by atoms with Gasteiger partial charge in [-0.3, -0.25) is 9.59 Å². The van der Waals surface area contributed by atoms with Gasteiger partial charge in [-0.05, 0) is 24.6 Å². The number of carbonyl (C=O) groups is 2. The smallest absolute Gasteiger partial charge is 0.309 e. The molecule has 1 aromatic carbocycles. The highest BCUT2D eigenvalue weighted by atomic mass is 79.9. The Balaban J connectivity index is 2.30. The van der Waals surface area contributed by atoms with Crippen molar-refractivity contribution in [3.8, 4) is 0 Å². The third kappa shape index (κ3) is 3.13. The fourth-order valence-corrected chi connectivity index (χ4v) is 2.37. The van der Waals surface area contributed by atoms with Gasteiger partial charge in [0.25, 0.3) is 0 Å². The van der Waals surface area contributed by atoms with Crippen LogP contribution in [0, 0.1) is 12.8 Å². The van der Waals surface area contributed by atoms with Gasteiger partial charge in [-0.15, -0.1) is 0 Å². The minimum Gasteiger partial charge on any atom is -0.481 e. The number of carboxylic acid groups (broad SMARTS) is 1. The molecule has 5 nitrogen and oxygen atoms in total. The van der Waals surface area contributed by atoms with Crippen LogP contribution in [0.4, 0.5) is 5.69 Å². The van der Waals surface area contributed by atoms with Crippen molar-refractivity contribution in [2.45, 2.75) is 6.92 Å². The normalized spacial score (nSPS) is 20.2. The highest BCUT2D eigenvalue weighted by Gasteiger charge is 2.28. The highest BCUT2D eigenvalue weighted by molar-refractivity contribution is 9.10. The topological polar surface area (TPSA) is 69.6 Å². The van der Waals surface area contributed by atoms with E-state index in [1.165, 1.54) is 4.90 Å². The van der Waals surface area contributed by atoms with E-state index in [4.69, 9.17) is 5.11 Å². The van der Waals surface area contributed by atoms with E-state index >= 15 is 0 Å². The Labute approximate surface area is 119 Å². The number of nitrogens with one attached hydrogen (secondary N) is 1. The molecule has 19 heavy (non-hydrogen) atoms. The average molecular weight is 327 g/mol. The predicted octanol–water partition coefficient (Wildman–Crippen LogP) is 1.39. The Hall–Kier alpha value is -1.40. The number of amides is 1. The van der Waals surface area contributed by atoms with Gasteiger partial charge in [-0.1, -0.05) is 22.0 Å². The van der Waals surface area contributed by atoms with Crippen molar-refractivity contribution in [3.05, 3.63) is 28.2 Å². The maximum absolute atomic E-state index is 12.0. The van der Waals surface area contributed by atoms with Gasteiger partial charge in [0.05, 0.1) is 12.5 Å². The molecule has 1 amide bonds. The molecule has 102 valence electrons. The van der Waals surface area contributed by atoms with Gasteiger partial charge < -0.3 is 15.3 Å². The van der Waals surface area contributed by atoms with Gasteiger partial charge in [-0.2, -0.15) is 0 Å². The number of nitrogens with zero attached hydrogens (tertiary/aromatic N) is 1. The molecule has 0 radical (unpaired) electrons. The maximum atomic E-state index is 12.0. The molecular formula is C13H15BrN2O3. The molecule has 0 aromatic heterocycles. The van der Waals surface area contributed by atoms with Crippen molar-refractivity contribution in [3.63, 3.8) is 0 Å². The molecule has 1 aliphatic heterocycles. The number of hydrogen-bond donors (Lipinski definition) is 2. The van der Waals surface area contributed by atoms with Crippen molar-refractivity contribution in [2.75, 3.05) is 24.5 Å². The third-order valence-electron chi connectivity index (χ3n) is 3.19. The van der Waals surface area contributed by atoms with Crippen LogP contribution < -0.4 is 10.2 Å². The summed E-state index contributed by atoms with van der Waals surface area (Å²) in [4.78, 5) is 24.7. The van der Waals surface area contributed by atoms with Crippen LogP contribution in [0.1, 0.15) is 5.56 Å². The standard InChI is InChI=1S/C13H15BrN2O3/c1-8-2-3-10(4-11(8)14)16-7-9(13(18)19)5-15-6-12(16)17/h2-4,9,15H,5-7H2,1H3,(H,18,19). The summed E-state index contributed by atoms with van der Waals surface area (Å²) in [5.74, 6) is -1.59. The molecule has 6 heteroatoms. The van der Waals surface area contributed by atoms with E-state index in [-0.39, 0.29) is 19.0 Å². The Bertz CT molecular complexity index is 519. The lowest BCUT2D eigenvalue weighted by atomic mass is 10.1. The highest BCUT2D eigenvalue weighted by Crippen LogP contribution is 2.25. The number of halogens is 1. The number of benzene rings is 1. The Kier molecular flexibility index (Phi) is 4.21. The van der Waals surface area contributed by atoms with Crippen LogP contribution in [-0.4, -0.2) is 36.6 Å². The maximum Gasteiger partial charge on any atom is 0.309 e. The summed E-state index contributed by atoms with van der Waals surface area (Å²) in [5, 5.41) is 12.0. The Morgan fingerprint density at radius 3 is 2.89 bits per heavy atom. The first-order valence-corrected chi connectivity index (χ1v) is 6.78. The van der Waals surface area contributed by atoms with Crippen molar-refractivity contribution < 1.29 is 14.7 Å².